The second-order valence-electron chi connectivity index (χ2n) is 25.4. The van der Waals surface area contributed by atoms with E-state index in [2.05, 4.69) is 148 Å². The normalized spacial score (nSPS) is 14.3. The van der Waals surface area contributed by atoms with Gasteiger partial charge in [0.1, 0.15) is 19.3 Å². The van der Waals surface area contributed by atoms with E-state index < -0.39 is 26.6 Å². The van der Waals surface area contributed by atoms with E-state index >= 15 is 0 Å². The fraction of sp³-hybridized carbons (Fsp3) is 0.696. The molecule has 3 unspecified atom stereocenters. The number of phosphoric ester groups is 1. The molecule has 0 aromatic carbocycles. The van der Waals surface area contributed by atoms with Gasteiger partial charge >= 0.3 is 5.97 Å². The lowest BCUT2D eigenvalue weighted by atomic mass is 10.0. The van der Waals surface area contributed by atoms with Gasteiger partial charge in [-0.25, -0.2) is 0 Å². The highest BCUT2D eigenvalue weighted by Gasteiger charge is 2.27. The van der Waals surface area contributed by atoms with E-state index in [0.29, 0.717) is 23.9 Å². The van der Waals surface area contributed by atoms with Crippen LogP contribution in [-0.4, -0.2) is 69.4 Å². The number of carbonyl (C=O) groups excluding carboxylic acids is 2. The zero-order chi connectivity index (χ0) is 64.9. The molecule has 0 rings (SSSR count). The first kappa shape index (κ1) is 85.2. The number of ether oxygens (including phenoxy) is 1. The van der Waals surface area contributed by atoms with Crippen molar-refractivity contribution in [2.75, 3.05) is 40.9 Å². The average molecular weight is 1260 g/mol. The third-order valence-corrected chi connectivity index (χ3v) is 16.5. The Kier molecular flexibility index (Phi) is 64.2. The zero-order valence-electron chi connectivity index (χ0n) is 58.3. The van der Waals surface area contributed by atoms with Crippen LogP contribution in [0.5, 0.6) is 0 Å². The van der Waals surface area contributed by atoms with Crippen LogP contribution in [0.15, 0.2) is 134 Å². The maximum absolute atomic E-state index is 13.6. The number of rotatable bonds is 65. The summed E-state index contributed by atoms with van der Waals surface area (Å²) in [5.74, 6) is -0.567. The second kappa shape index (κ2) is 67.1. The third kappa shape index (κ3) is 68.4. The first-order valence-corrected chi connectivity index (χ1v) is 38.0. The largest absolute Gasteiger partial charge is 0.756 e. The lowest BCUT2D eigenvalue weighted by Gasteiger charge is -2.30. The summed E-state index contributed by atoms with van der Waals surface area (Å²) in [5.41, 5.74) is 0. The van der Waals surface area contributed by atoms with E-state index in [1.54, 1.807) is 0 Å². The van der Waals surface area contributed by atoms with Gasteiger partial charge in [-0.3, -0.25) is 14.2 Å². The Morgan fingerprint density at radius 2 is 0.719 bits per heavy atom. The molecule has 0 heterocycles. The highest BCUT2D eigenvalue weighted by Crippen LogP contribution is 2.38. The summed E-state index contributed by atoms with van der Waals surface area (Å²) < 4.78 is 30.5. The van der Waals surface area contributed by atoms with Gasteiger partial charge in [0.25, 0.3) is 7.82 Å². The quantitative estimate of drug-likeness (QED) is 0.0212. The Morgan fingerprint density at radius 3 is 1.10 bits per heavy atom. The number of likely N-dealkylation sites (N-methyl/N-ethyl adjacent to an activating group) is 1. The number of quaternary nitrogens is 1. The van der Waals surface area contributed by atoms with Crippen molar-refractivity contribution in [3.63, 3.8) is 0 Å². The lowest BCUT2D eigenvalue weighted by molar-refractivity contribution is -0.870. The topological polar surface area (TPSA) is 114 Å². The smallest absolute Gasteiger partial charge is 0.306 e. The minimum absolute atomic E-state index is 0.0329. The molecule has 10 heteroatoms. The maximum Gasteiger partial charge on any atom is 0.306 e. The van der Waals surface area contributed by atoms with Crippen molar-refractivity contribution in [1.82, 2.24) is 5.32 Å². The minimum atomic E-state index is -4.72. The van der Waals surface area contributed by atoms with Crippen molar-refractivity contribution in [3.05, 3.63) is 134 Å². The highest BCUT2D eigenvalue weighted by atomic mass is 31.2. The summed E-state index contributed by atoms with van der Waals surface area (Å²) in [6.07, 6.45) is 95.7. The predicted octanol–water partition coefficient (Wildman–Crippen LogP) is 22.9. The van der Waals surface area contributed by atoms with Crippen LogP contribution in [0.2, 0.25) is 0 Å². The van der Waals surface area contributed by atoms with Crippen molar-refractivity contribution >= 4 is 19.7 Å². The third-order valence-electron chi connectivity index (χ3n) is 15.6. The molecule has 510 valence electrons. The summed E-state index contributed by atoms with van der Waals surface area (Å²) >= 11 is 0. The average Bonchev–Trinajstić information content (AvgIpc) is 3.54. The molecule has 3 atom stereocenters. The molecular formula is C79H137N2O7P. The number of allylic oxidation sites excluding steroid dienone is 21. The number of amides is 1. The summed E-state index contributed by atoms with van der Waals surface area (Å²) in [7, 11) is 1.16. The summed E-state index contributed by atoms with van der Waals surface area (Å²) in [4.78, 5) is 40.3. The number of nitrogens with one attached hydrogen (secondary N) is 1. The van der Waals surface area contributed by atoms with Crippen LogP contribution >= 0.6 is 7.82 Å². The molecule has 0 aliphatic carbocycles. The van der Waals surface area contributed by atoms with E-state index in [-0.39, 0.29) is 24.9 Å². The first-order valence-electron chi connectivity index (χ1n) is 36.5. The van der Waals surface area contributed by atoms with Gasteiger partial charge in [0.05, 0.1) is 33.8 Å². The van der Waals surface area contributed by atoms with Gasteiger partial charge in [-0.15, -0.1) is 0 Å². The van der Waals surface area contributed by atoms with Crippen LogP contribution in [-0.2, 0) is 27.9 Å². The zero-order valence-corrected chi connectivity index (χ0v) is 59.2. The fourth-order valence-electron chi connectivity index (χ4n) is 9.98. The summed E-state index contributed by atoms with van der Waals surface area (Å²) in [6.45, 7) is 6.70. The van der Waals surface area contributed by atoms with Crippen molar-refractivity contribution < 1.29 is 37.3 Å². The molecule has 0 radical (unpaired) electrons. The predicted molar refractivity (Wildman–Crippen MR) is 385 cm³/mol. The van der Waals surface area contributed by atoms with Crippen LogP contribution in [0.1, 0.15) is 303 Å². The van der Waals surface area contributed by atoms with Gasteiger partial charge in [0, 0.05) is 12.8 Å². The molecule has 0 aliphatic rings. The standard InChI is InChI=1S/C79H137N2O7P/c1-7-10-13-16-19-22-25-28-30-32-34-36-38-40-42-44-46-48-50-53-56-59-62-65-68-71-78(82)80-76(75-87-89(84,85)86-74-73-81(4,5)6)77(70-67-64-61-58-55-52-27-24-21-18-15-12-9-3)88-79(83)72-69-66-63-60-57-54-51-49-47-45-43-41-39-37-35-33-31-29-26-23-20-17-14-11-8-2/h11,14,19-20,22-23,28-31,34-37,40-43,47,49,67,70,76-77H,7-10,12-13,15-18,21,24-27,32-33,38-39,44-46,48,50-66,68-69,71-75H2,1-6H3,(H-,80,82,84,85)/b14-11-,22-19-,23-20-,30-28-,31-29-,36-34-,37-35-,42-40-,43-41-,49-47-,70-67+. The lowest BCUT2D eigenvalue weighted by Crippen LogP contribution is -2.47. The van der Waals surface area contributed by atoms with Crippen molar-refractivity contribution in [2.24, 2.45) is 0 Å². The Morgan fingerprint density at radius 1 is 0.404 bits per heavy atom. The van der Waals surface area contributed by atoms with E-state index in [9.17, 15) is 19.0 Å². The molecule has 9 nitrogen and oxygen atoms in total. The first-order chi connectivity index (χ1) is 43.4. The number of carbonyl (C=O) groups is 2. The van der Waals surface area contributed by atoms with E-state index in [0.717, 1.165) is 148 Å². The Balaban J connectivity index is 5.16. The Hall–Kier alpha value is -3.85. The van der Waals surface area contributed by atoms with Crippen molar-refractivity contribution in [1.29, 1.82) is 0 Å². The van der Waals surface area contributed by atoms with Crippen LogP contribution in [0.3, 0.4) is 0 Å². The number of hydrogen-bond acceptors (Lipinski definition) is 7. The van der Waals surface area contributed by atoms with Crippen LogP contribution in [0, 0.1) is 0 Å². The van der Waals surface area contributed by atoms with Gasteiger partial charge in [-0.05, 0) is 128 Å². The second-order valence-corrected chi connectivity index (χ2v) is 26.8. The molecule has 0 saturated carbocycles. The van der Waals surface area contributed by atoms with E-state index in [1.165, 1.54) is 116 Å². The molecule has 0 saturated heterocycles. The molecule has 0 aliphatic heterocycles. The van der Waals surface area contributed by atoms with Gasteiger partial charge in [0.2, 0.25) is 5.91 Å². The number of nitrogens with zero attached hydrogens (tertiary/aromatic N) is 1. The van der Waals surface area contributed by atoms with Gasteiger partial charge in [-0.1, -0.05) is 296 Å². The van der Waals surface area contributed by atoms with Crippen molar-refractivity contribution in [3.8, 4) is 0 Å². The minimum Gasteiger partial charge on any atom is -0.756 e. The number of esters is 1. The molecule has 89 heavy (non-hydrogen) atoms. The van der Waals surface area contributed by atoms with Crippen LogP contribution in [0.4, 0.5) is 0 Å². The van der Waals surface area contributed by atoms with Gasteiger partial charge < -0.3 is 28.5 Å². The Bertz CT molecular complexity index is 1990. The molecule has 0 aromatic heterocycles. The maximum atomic E-state index is 13.6. The molecule has 0 fully saturated rings. The summed E-state index contributed by atoms with van der Waals surface area (Å²) in [5, 5.41) is 3.04. The fourth-order valence-corrected chi connectivity index (χ4v) is 10.7. The van der Waals surface area contributed by atoms with Gasteiger partial charge in [0.15, 0.2) is 0 Å². The van der Waals surface area contributed by atoms with Crippen molar-refractivity contribution in [2.45, 2.75) is 315 Å². The monoisotopic (exact) mass is 1260 g/mol. The molecule has 1 N–H and O–H groups in total. The van der Waals surface area contributed by atoms with Crippen LogP contribution in [0.25, 0.3) is 0 Å². The van der Waals surface area contributed by atoms with E-state index in [1.807, 2.05) is 33.3 Å². The van der Waals surface area contributed by atoms with Crippen LogP contribution < -0.4 is 10.2 Å². The molecule has 0 aromatic rings. The Labute approximate surface area is 549 Å². The number of unbranched alkanes of at least 4 members (excludes halogenated alkanes) is 29. The molecule has 1 amide bonds. The number of phosphoric acid groups is 1. The summed E-state index contributed by atoms with van der Waals surface area (Å²) in [6, 6.07) is -0.909. The highest BCUT2D eigenvalue weighted by molar-refractivity contribution is 7.45. The molecular weight excluding hydrogens is 1120 g/mol. The number of hydrogen-bond donors (Lipinski definition) is 1. The molecule has 0 spiro atoms. The van der Waals surface area contributed by atoms with Gasteiger partial charge in [-0.2, -0.15) is 0 Å². The SMILES string of the molecule is CC/C=C\C/C=C\C/C=C\C/C=C\C/C=C\C/C=C\CCCCCCCCC(=O)OC(/C=C/CCCCCCCCCCCCC)C(COP(=O)([O-])OCC[N+](C)(C)C)NC(=O)CCCCCCCCCCC/C=C\C/C=C\C/C=C\C/C=C\CCCCC. The molecule has 0 bridgehead atoms. The van der Waals surface area contributed by atoms with E-state index in [4.69, 9.17) is 13.8 Å².